The highest BCUT2D eigenvalue weighted by Gasteiger charge is 2.54. The second kappa shape index (κ2) is 4.47. The molecule has 4 bridgehead atoms. The van der Waals surface area contributed by atoms with E-state index in [0.717, 1.165) is 37.0 Å². The molecule has 5 heteroatoms. The van der Waals surface area contributed by atoms with Gasteiger partial charge in [-0.15, -0.1) is 0 Å². The molecule has 0 unspecified atom stereocenters. The number of nitrogens with two attached hydrogens (primary N) is 1. The van der Waals surface area contributed by atoms with Gasteiger partial charge in [-0.2, -0.15) is 0 Å². The Balaban J connectivity index is 1.71. The molecule has 0 aliphatic heterocycles. The van der Waals surface area contributed by atoms with E-state index in [1.54, 1.807) is 6.92 Å². The van der Waals surface area contributed by atoms with Gasteiger partial charge in [-0.25, -0.2) is 5.84 Å². The maximum Gasteiger partial charge on any atom is 0.256 e. The number of rotatable bonds is 3. The molecular weight excluding hydrogens is 242 g/mol. The fourth-order valence-electron chi connectivity index (χ4n) is 4.93. The molecular formula is C14H23N3O2. The zero-order valence-corrected chi connectivity index (χ0v) is 11.4. The van der Waals surface area contributed by atoms with Crippen LogP contribution in [-0.2, 0) is 9.59 Å². The fourth-order valence-corrected chi connectivity index (χ4v) is 4.93. The number of hydrogen-bond acceptors (Lipinski definition) is 3. The summed E-state index contributed by atoms with van der Waals surface area (Å²) in [5.74, 6) is 7.04. The highest BCUT2D eigenvalue weighted by Crippen LogP contribution is 2.60. The zero-order chi connectivity index (χ0) is 13.6. The Hall–Kier alpha value is -1.10. The van der Waals surface area contributed by atoms with Gasteiger partial charge in [0.1, 0.15) is 6.04 Å². The summed E-state index contributed by atoms with van der Waals surface area (Å²) in [5, 5.41) is 2.86. The fraction of sp³-hybridized carbons (Fsp3) is 0.857. The maximum absolute atomic E-state index is 12.6. The standard InChI is InChI=1S/C14H23N3O2/c1-8(12(18)17-15)16-13(19)14-5-9-2-10(6-14)4-11(3-9)7-14/h8-11H,2-7,15H2,1H3,(H,16,19)(H,17,18)/t8-,9?,10?,11?,14?/m0/s1. The Kier molecular flexibility index (Phi) is 3.04. The van der Waals surface area contributed by atoms with Gasteiger partial charge in [0, 0.05) is 5.41 Å². The van der Waals surface area contributed by atoms with Crippen LogP contribution in [0.15, 0.2) is 0 Å². The summed E-state index contributed by atoms with van der Waals surface area (Å²) in [7, 11) is 0. The van der Waals surface area contributed by atoms with Crippen LogP contribution >= 0.6 is 0 Å². The lowest BCUT2D eigenvalue weighted by molar-refractivity contribution is -0.148. The van der Waals surface area contributed by atoms with E-state index in [0.29, 0.717) is 0 Å². The van der Waals surface area contributed by atoms with Gasteiger partial charge in [0.05, 0.1) is 0 Å². The van der Waals surface area contributed by atoms with E-state index in [1.165, 1.54) is 19.3 Å². The molecule has 4 rings (SSSR count). The van der Waals surface area contributed by atoms with Crippen LogP contribution in [0.2, 0.25) is 0 Å². The topological polar surface area (TPSA) is 84.2 Å². The molecule has 4 saturated carbocycles. The Bertz CT molecular complexity index is 372. The van der Waals surface area contributed by atoms with Gasteiger partial charge >= 0.3 is 0 Å². The lowest BCUT2D eigenvalue weighted by atomic mass is 9.49. The molecule has 0 spiro atoms. The van der Waals surface area contributed by atoms with Crippen molar-refractivity contribution in [2.75, 3.05) is 0 Å². The zero-order valence-electron chi connectivity index (χ0n) is 11.4. The van der Waals surface area contributed by atoms with Crippen molar-refractivity contribution >= 4 is 11.8 Å². The number of carbonyl (C=O) groups is 2. The van der Waals surface area contributed by atoms with E-state index < -0.39 is 6.04 Å². The van der Waals surface area contributed by atoms with E-state index in [-0.39, 0.29) is 17.2 Å². The van der Waals surface area contributed by atoms with Crippen LogP contribution in [0, 0.1) is 23.2 Å². The summed E-state index contributed by atoms with van der Waals surface area (Å²) in [4.78, 5) is 24.0. The molecule has 0 radical (unpaired) electrons. The Morgan fingerprint density at radius 2 is 1.58 bits per heavy atom. The second-order valence-electron chi connectivity index (χ2n) is 6.90. The quantitative estimate of drug-likeness (QED) is 0.399. The van der Waals surface area contributed by atoms with Gasteiger partial charge in [-0.05, 0) is 63.2 Å². The summed E-state index contributed by atoms with van der Waals surface area (Å²) < 4.78 is 0. The molecule has 19 heavy (non-hydrogen) atoms. The van der Waals surface area contributed by atoms with Crippen molar-refractivity contribution in [1.29, 1.82) is 0 Å². The number of carbonyl (C=O) groups excluding carboxylic acids is 2. The summed E-state index contributed by atoms with van der Waals surface area (Å²) >= 11 is 0. The Morgan fingerprint density at radius 3 is 2.00 bits per heavy atom. The largest absolute Gasteiger partial charge is 0.344 e. The number of nitrogens with one attached hydrogen (secondary N) is 2. The van der Waals surface area contributed by atoms with Crippen LogP contribution in [0.5, 0.6) is 0 Å². The van der Waals surface area contributed by atoms with E-state index in [4.69, 9.17) is 5.84 Å². The predicted octanol–water partition coefficient (Wildman–Crippen LogP) is 0.697. The number of hydrazine groups is 1. The van der Waals surface area contributed by atoms with Crippen molar-refractivity contribution < 1.29 is 9.59 Å². The van der Waals surface area contributed by atoms with Crippen LogP contribution in [-0.4, -0.2) is 17.9 Å². The average Bonchev–Trinajstić information content (AvgIpc) is 2.36. The molecule has 1 atom stereocenters. The third kappa shape index (κ3) is 2.14. The van der Waals surface area contributed by atoms with Crippen LogP contribution < -0.4 is 16.6 Å². The molecule has 0 aromatic rings. The van der Waals surface area contributed by atoms with Crippen molar-refractivity contribution in [3.8, 4) is 0 Å². The first-order chi connectivity index (χ1) is 9.02. The van der Waals surface area contributed by atoms with Crippen molar-refractivity contribution in [2.45, 2.75) is 51.5 Å². The molecule has 4 aliphatic carbocycles. The third-order valence-corrected chi connectivity index (χ3v) is 5.40. The first kappa shape index (κ1) is 12.9. The normalized spacial score (nSPS) is 40.8. The van der Waals surface area contributed by atoms with Gasteiger partial charge in [0.25, 0.3) is 5.91 Å². The summed E-state index contributed by atoms with van der Waals surface area (Å²) in [5.41, 5.74) is 1.89. The number of amides is 2. The monoisotopic (exact) mass is 265 g/mol. The molecule has 0 aromatic carbocycles. The van der Waals surface area contributed by atoms with Crippen LogP contribution in [0.1, 0.15) is 45.4 Å². The van der Waals surface area contributed by atoms with Crippen LogP contribution in [0.25, 0.3) is 0 Å². The highest BCUT2D eigenvalue weighted by atomic mass is 16.2. The molecule has 106 valence electrons. The molecule has 0 saturated heterocycles. The van der Waals surface area contributed by atoms with Gasteiger partial charge in [0.15, 0.2) is 0 Å². The summed E-state index contributed by atoms with van der Waals surface area (Å²) in [6.07, 6.45) is 6.98. The van der Waals surface area contributed by atoms with Crippen molar-refractivity contribution in [3.05, 3.63) is 0 Å². The highest BCUT2D eigenvalue weighted by molar-refractivity contribution is 5.89. The van der Waals surface area contributed by atoms with Crippen LogP contribution in [0.3, 0.4) is 0 Å². The first-order valence-corrected chi connectivity index (χ1v) is 7.34. The van der Waals surface area contributed by atoms with Crippen LogP contribution in [0.4, 0.5) is 0 Å². The molecule has 0 heterocycles. The van der Waals surface area contributed by atoms with Gasteiger partial charge in [-0.3, -0.25) is 15.0 Å². The smallest absolute Gasteiger partial charge is 0.256 e. The van der Waals surface area contributed by atoms with Crippen molar-refractivity contribution in [3.63, 3.8) is 0 Å². The molecule has 5 nitrogen and oxygen atoms in total. The molecule has 4 aliphatic rings. The van der Waals surface area contributed by atoms with E-state index in [2.05, 4.69) is 10.7 Å². The van der Waals surface area contributed by atoms with E-state index in [1.807, 2.05) is 0 Å². The van der Waals surface area contributed by atoms with Crippen molar-refractivity contribution in [2.24, 2.45) is 29.0 Å². The summed E-state index contributed by atoms with van der Waals surface area (Å²) in [6, 6.07) is -0.550. The molecule has 0 aromatic heterocycles. The van der Waals surface area contributed by atoms with Gasteiger partial charge in [0.2, 0.25) is 5.91 Å². The average molecular weight is 265 g/mol. The van der Waals surface area contributed by atoms with E-state index in [9.17, 15) is 9.59 Å². The predicted molar refractivity (Wildman–Crippen MR) is 70.5 cm³/mol. The van der Waals surface area contributed by atoms with Gasteiger partial charge in [-0.1, -0.05) is 0 Å². The molecule has 4 fully saturated rings. The third-order valence-electron chi connectivity index (χ3n) is 5.40. The maximum atomic E-state index is 12.6. The minimum Gasteiger partial charge on any atom is -0.344 e. The van der Waals surface area contributed by atoms with Crippen molar-refractivity contribution in [1.82, 2.24) is 10.7 Å². The number of hydrogen-bond donors (Lipinski definition) is 3. The lowest BCUT2D eigenvalue weighted by Gasteiger charge is -2.55. The minimum absolute atomic E-state index is 0.0719. The minimum atomic E-state index is -0.550. The lowest BCUT2D eigenvalue weighted by Crippen LogP contribution is -2.57. The Morgan fingerprint density at radius 1 is 1.11 bits per heavy atom. The van der Waals surface area contributed by atoms with Gasteiger partial charge < -0.3 is 5.32 Å². The first-order valence-electron chi connectivity index (χ1n) is 7.34. The Labute approximate surface area is 113 Å². The second-order valence-corrected chi connectivity index (χ2v) is 6.90. The summed E-state index contributed by atoms with van der Waals surface area (Å²) in [6.45, 7) is 1.68. The molecule has 4 N–H and O–H groups in total. The SMILES string of the molecule is C[C@H](NC(=O)C12CC3CC(CC(C3)C1)C2)C(=O)NN. The molecule has 2 amide bonds. The van der Waals surface area contributed by atoms with E-state index >= 15 is 0 Å².